The van der Waals surface area contributed by atoms with Gasteiger partial charge in [0.1, 0.15) is 41.3 Å². The van der Waals surface area contributed by atoms with Gasteiger partial charge in [0, 0.05) is 11.6 Å². The molecule has 1 heterocycles. The number of nitrogens with zero attached hydrogens (tertiary/aromatic N) is 1. The molecule has 1 aliphatic heterocycles. The average Bonchev–Trinajstić information content (AvgIpc) is 2.99. The van der Waals surface area contributed by atoms with Crippen LogP contribution >= 0.6 is 0 Å². The fourth-order valence-corrected chi connectivity index (χ4v) is 4.41. The average molecular weight is 553 g/mol. The summed E-state index contributed by atoms with van der Waals surface area (Å²) in [6.07, 6.45) is 0. The summed E-state index contributed by atoms with van der Waals surface area (Å²) in [4.78, 5) is 12.5. The highest BCUT2D eigenvalue weighted by molar-refractivity contribution is 5.74. The van der Waals surface area contributed by atoms with Gasteiger partial charge in [-0.2, -0.15) is 5.26 Å². The molecule has 0 saturated heterocycles. The summed E-state index contributed by atoms with van der Waals surface area (Å²) in [5.41, 5.74) is 8.60. The molecule has 0 amide bonds. The molecular weight excluding hydrogens is 527 g/mol. The number of nitriles is 1. The SMILES string of the molecule is COc1ccccc1OCC(=O)Oc1ccc2c(c1)OC(N)=C(C#N)C2c1cccc(OCc2ccc(F)cc2)c1. The van der Waals surface area contributed by atoms with Gasteiger partial charge in [-0.25, -0.2) is 9.18 Å². The lowest BCUT2D eigenvalue weighted by Gasteiger charge is -2.27. The summed E-state index contributed by atoms with van der Waals surface area (Å²) >= 11 is 0. The summed E-state index contributed by atoms with van der Waals surface area (Å²) in [5, 5.41) is 9.90. The van der Waals surface area contributed by atoms with Crippen molar-refractivity contribution in [3.63, 3.8) is 0 Å². The van der Waals surface area contributed by atoms with E-state index in [0.717, 1.165) is 11.1 Å². The summed E-state index contributed by atoms with van der Waals surface area (Å²) in [6, 6.07) is 27.3. The zero-order valence-corrected chi connectivity index (χ0v) is 22.0. The van der Waals surface area contributed by atoms with Crippen molar-refractivity contribution in [2.24, 2.45) is 5.73 Å². The lowest BCUT2D eigenvalue weighted by Crippen LogP contribution is -2.21. The molecule has 0 saturated carbocycles. The van der Waals surface area contributed by atoms with E-state index >= 15 is 0 Å². The Morgan fingerprint density at radius 2 is 1.73 bits per heavy atom. The van der Waals surface area contributed by atoms with Crippen LogP contribution in [0.1, 0.15) is 22.6 Å². The molecule has 41 heavy (non-hydrogen) atoms. The van der Waals surface area contributed by atoms with Crippen LogP contribution in [0.4, 0.5) is 4.39 Å². The molecule has 9 heteroatoms. The summed E-state index contributed by atoms with van der Waals surface area (Å²) < 4.78 is 41.1. The van der Waals surface area contributed by atoms with Crippen LogP contribution in [0.15, 0.2) is 102 Å². The number of esters is 1. The van der Waals surface area contributed by atoms with Gasteiger partial charge >= 0.3 is 5.97 Å². The molecule has 0 aliphatic carbocycles. The number of carbonyl (C=O) groups is 1. The topological polar surface area (TPSA) is 113 Å². The Hall–Kier alpha value is -5.49. The minimum Gasteiger partial charge on any atom is -0.493 e. The molecule has 4 aromatic carbocycles. The van der Waals surface area contributed by atoms with Gasteiger partial charge in [-0.15, -0.1) is 0 Å². The number of para-hydroxylation sites is 2. The van der Waals surface area contributed by atoms with Gasteiger partial charge in [0.05, 0.1) is 13.0 Å². The number of nitrogens with two attached hydrogens (primary N) is 1. The van der Waals surface area contributed by atoms with E-state index in [0.29, 0.717) is 28.6 Å². The first-order chi connectivity index (χ1) is 19.9. The van der Waals surface area contributed by atoms with E-state index in [2.05, 4.69) is 6.07 Å². The number of allylic oxidation sites excluding steroid dienone is 1. The van der Waals surface area contributed by atoms with Crippen molar-refractivity contribution in [1.82, 2.24) is 0 Å². The van der Waals surface area contributed by atoms with Crippen LogP contribution in [0.3, 0.4) is 0 Å². The predicted octanol–water partition coefficient (Wildman–Crippen LogP) is 5.62. The zero-order valence-electron chi connectivity index (χ0n) is 22.0. The van der Waals surface area contributed by atoms with E-state index in [1.54, 1.807) is 60.7 Å². The van der Waals surface area contributed by atoms with Crippen LogP contribution in [0.25, 0.3) is 0 Å². The zero-order chi connectivity index (χ0) is 28.8. The summed E-state index contributed by atoms with van der Waals surface area (Å²) in [6.45, 7) is -0.0983. The molecule has 1 unspecified atom stereocenters. The normalized spacial score (nSPS) is 13.8. The van der Waals surface area contributed by atoms with Crippen molar-refractivity contribution < 1.29 is 32.9 Å². The maximum Gasteiger partial charge on any atom is 0.349 e. The van der Waals surface area contributed by atoms with E-state index in [1.165, 1.54) is 19.2 Å². The Labute approximate surface area is 235 Å². The van der Waals surface area contributed by atoms with Crippen LogP contribution in [0, 0.1) is 17.1 Å². The first kappa shape index (κ1) is 27.1. The Bertz CT molecular complexity index is 1650. The lowest BCUT2D eigenvalue weighted by molar-refractivity contribution is -0.136. The molecule has 0 aromatic heterocycles. The second-order valence-corrected chi connectivity index (χ2v) is 9.03. The van der Waals surface area contributed by atoms with Gasteiger partial charge in [-0.3, -0.25) is 0 Å². The Morgan fingerprint density at radius 3 is 2.49 bits per heavy atom. The third-order valence-electron chi connectivity index (χ3n) is 6.35. The molecule has 0 bridgehead atoms. The molecule has 0 radical (unpaired) electrons. The monoisotopic (exact) mass is 552 g/mol. The summed E-state index contributed by atoms with van der Waals surface area (Å²) in [7, 11) is 1.51. The van der Waals surface area contributed by atoms with E-state index in [9.17, 15) is 14.4 Å². The van der Waals surface area contributed by atoms with E-state index in [4.69, 9.17) is 29.4 Å². The largest absolute Gasteiger partial charge is 0.493 e. The maximum atomic E-state index is 13.2. The maximum absolute atomic E-state index is 13.2. The van der Waals surface area contributed by atoms with Crippen LogP contribution < -0.4 is 29.4 Å². The van der Waals surface area contributed by atoms with Gasteiger partial charge in [0.2, 0.25) is 5.88 Å². The first-order valence-electron chi connectivity index (χ1n) is 12.6. The van der Waals surface area contributed by atoms with Crippen molar-refractivity contribution >= 4 is 5.97 Å². The number of benzene rings is 4. The number of ether oxygens (including phenoxy) is 5. The first-order valence-corrected chi connectivity index (χ1v) is 12.6. The molecule has 1 aliphatic rings. The van der Waals surface area contributed by atoms with Crippen LogP contribution in [0.5, 0.6) is 28.7 Å². The smallest absolute Gasteiger partial charge is 0.349 e. The second kappa shape index (κ2) is 12.1. The second-order valence-electron chi connectivity index (χ2n) is 9.03. The van der Waals surface area contributed by atoms with Crippen LogP contribution in [-0.4, -0.2) is 19.7 Å². The number of fused-ring (bicyclic) bond motifs is 1. The van der Waals surface area contributed by atoms with Crippen LogP contribution in [-0.2, 0) is 11.4 Å². The van der Waals surface area contributed by atoms with E-state index < -0.39 is 11.9 Å². The van der Waals surface area contributed by atoms with Gasteiger partial charge in [0.15, 0.2) is 18.1 Å². The van der Waals surface area contributed by atoms with E-state index in [1.807, 2.05) is 18.2 Å². The molecule has 8 nitrogen and oxygen atoms in total. The lowest BCUT2D eigenvalue weighted by atomic mass is 9.83. The number of halogens is 1. The van der Waals surface area contributed by atoms with Crippen molar-refractivity contribution in [3.05, 3.63) is 125 Å². The number of methoxy groups -OCH3 is 1. The quantitative estimate of drug-likeness (QED) is 0.210. The number of carbonyl (C=O) groups excluding carboxylic acids is 1. The highest BCUT2D eigenvalue weighted by atomic mass is 19.1. The van der Waals surface area contributed by atoms with Gasteiger partial charge < -0.3 is 29.4 Å². The Morgan fingerprint density at radius 1 is 0.951 bits per heavy atom. The van der Waals surface area contributed by atoms with Gasteiger partial charge in [-0.05, 0) is 53.6 Å². The molecule has 0 fully saturated rings. The number of rotatable bonds is 9. The highest BCUT2D eigenvalue weighted by Gasteiger charge is 2.31. The standard InChI is InChI=1S/C32H25FN2O6/c1-37-27-7-2-3-8-28(27)39-19-30(36)40-24-13-14-25-29(16-24)41-32(35)26(17-34)31(25)21-5-4-6-23(15-21)38-18-20-9-11-22(33)12-10-20/h2-16,31H,18-19,35H2,1H3. The van der Waals surface area contributed by atoms with E-state index in [-0.39, 0.29) is 36.2 Å². The molecule has 5 rings (SSSR count). The fraction of sp³-hybridized carbons (Fsp3) is 0.125. The predicted molar refractivity (Wildman–Crippen MR) is 147 cm³/mol. The molecular formula is C32H25FN2O6. The minimum absolute atomic E-state index is 0.0504. The molecule has 4 aromatic rings. The van der Waals surface area contributed by atoms with Crippen molar-refractivity contribution in [2.75, 3.05) is 13.7 Å². The third kappa shape index (κ3) is 6.23. The number of hydrogen-bond donors (Lipinski definition) is 1. The highest BCUT2D eigenvalue weighted by Crippen LogP contribution is 2.44. The Balaban J connectivity index is 1.33. The van der Waals surface area contributed by atoms with Crippen LogP contribution in [0.2, 0.25) is 0 Å². The fourth-order valence-electron chi connectivity index (χ4n) is 4.41. The van der Waals surface area contributed by atoms with Crippen molar-refractivity contribution in [3.8, 4) is 34.8 Å². The minimum atomic E-state index is -0.629. The third-order valence-corrected chi connectivity index (χ3v) is 6.35. The molecule has 0 spiro atoms. The van der Waals surface area contributed by atoms with Crippen molar-refractivity contribution in [1.29, 1.82) is 5.26 Å². The molecule has 2 N–H and O–H groups in total. The molecule has 1 atom stereocenters. The summed E-state index contributed by atoms with van der Waals surface area (Å²) in [5.74, 6) is 0.500. The number of hydrogen-bond acceptors (Lipinski definition) is 8. The van der Waals surface area contributed by atoms with Gasteiger partial charge in [0.25, 0.3) is 0 Å². The molecule has 206 valence electrons. The van der Waals surface area contributed by atoms with Gasteiger partial charge in [-0.1, -0.05) is 42.5 Å². The van der Waals surface area contributed by atoms with Crippen molar-refractivity contribution in [2.45, 2.75) is 12.5 Å². The Kier molecular flexibility index (Phi) is 8.02.